The summed E-state index contributed by atoms with van der Waals surface area (Å²) in [6.45, 7) is 3.71. The molecular weight excluding hydrogens is 278 g/mol. The molecule has 2 amide bonds. The Balaban J connectivity index is 2.26. The van der Waals surface area contributed by atoms with E-state index in [4.69, 9.17) is 0 Å². The maximum Gasteiger partial charge on any atom is 0.246 e. The van der Waals surface area contributed by atoms with Crippen molar-refractivity contribution in [1.82, 2.24) is 10.2 Å². The summed E-state index contributed by atoms with van der Waals surface area (Å²) < 4.78 is 26.2. The first-order valence-electron chi connectivity index (χ1n) is 7.02. The van der Waals surface area contributed by atoms with Crippen molar-refractivity contribution in [2.24, 2.45) is 0 Å². The highest BCUT2D eigenvalue weighted by molar-refractivity contribution is 5.96. The lowest BCUT2D eigenvalue weighted by Gasteiger charge is -2.38. The van der Waals surface area contributed by atoms with Crippen LogP contribution in [0.25, 0.3) is 0 Å². The van der Waals surface area contributed by atoms with Crippen LogP contribution in [0.2, 0.25) is 0 Å². The van der Waals surface area contributed by atoms with Crippen LogP contribution in [0.3, 0.4) is 0 Å². The van der Waals surface area contributed by atoms with Gasteiger partial charge in [-0.15, -0.1) is 0 Å². The zero-order valence-corrected chi connectivity index (χ0v) is 12.0. The van der Waals surface area contributed by atoms with Gasteiger partial charge in [0.25, 0.3) is 0 Å². The van der Waals surface area contributed by atoms with E-state index in [9.17, 15) is 18.4 Å². The first-order chi connectivity index (χ1) is 9.97. The second kappa shape index (κ2) is 6.20. The summed E-state index contributed by atoms with van der Waals surface area (Å²) in [6, 6.07) is 2.38. The Morgan fingerprint density at radius 3 is 2.43 bits per heavy atom. The predicted molar refractivity (Wildman–Crippen MR) is 73.2 cm³/mol. The summed E-state index contributed by atoms with van der Waals surface area (Å²) in [5, 5.41) is 2.69. The summed E-state index contributed by atoms with van der Waals surface area (Å²) in [5.41, 5.74) is 0.463. The maximum absolute atomic E-state index is 13.3. The largest absolute Gasteiger partial charge is 0.343 e. The molecule has 2 atom stereocenters. The number of carbonyl (C=O) groups is 2. The average Bonchev–Trinajstić information content (AvgIpc) is 2.46. The second-order valence-corrected chi connectivity index (χ2v) is 5.11. The first-order valence-corrected chi connectivity index (χ1v) is 7.02. The third-order valence-electron chi connectivity index (χ3n) is 3.71. The summed E-state index contributed by atoms with van der Waals surface area (Å²) in [6.07, 6.45) is 0.965. The number of halogens is 2. The first kappa shape index (κ1) is 15.4. The van der Waals surface area contributed by atoms with Gasteiger partial charge in [0.1, 0.15) is 12.1 Å². The highest BCUT2D eigenvalue weighted by Crippen LogP contribution is 2.19. The number of benzene rings is 1. The number of piperazine rings is 1. The third kappa shape index (κ3) is 3.04. The van der Waals surface area contributed by atoms with Gasteiger partial charge in [-0.1, -0.05) is 19.9 Å². The fourth-order valence-electron chi connectivity index (χ4n) is 2.53. The maximum atomic E-state index is 13.3. The molecule has 1 aromatic rings. The van der Waals surface area contributed by atoms with Crippen molar-refractivity contribution in [2.45, 2.75) is 45.3 Å². The Bertz CT molecular complexity index is 563. The van der Waals surface area contributed by atoms with Crippen LogP contribution in [0.4, 0.5) is 8.78 Å². The molecule has 1 heterocycles. The van der Waals surface area contributed by atoms with Crippen LogP contribution in [0, 0.1) is 11.6 Å². The van der Waals surface area contributed by atoms with E-state index in [1.54, 1.807) is 0 Å². The SMILES string of the molecule is CCC1NC(=O)C(CC)N(Cc2ccc(F)c(F)c2)C1=O. The van der Waals surface area contributed by atoms with E-state index in [1.165, 1.54) is 11.0 Å². The standard InChI is InChI=1S/C15H18F2N2O2/c1-3-12-15(21)19(13(4-2)14(20)18-12)8-9-5-6-10(16)11(17)7-9/h5-7,12-13H,3-4,8H2,1-2H3,(H,18,20). The monoisotopic (exact) mass is 296 g/mol. The normalized spacial score (nSPS) is 22.4. The highest BCUT2D eigenvalue weighted by Gasteiger charge is 2.38. The van der Waals surface area contributed by atoms with Crippen molar-refractivity contribution in [1.29, 1.82) is 0 Å². The Hall–Kier alpha value is -1.98. The quantitative estimate of drug-likeness (QED) is 0.923. The second-order valence-electron chi connectivity index (χ2n) is 5.11. The van der Waals surface area contributed by atoms with Gasteiger partial charge in [-0.05, 0) is 30.5 Å². The molecule has 0 radical (unpaired) electrons. The molecule has 0 spiro atoms. The van der Waals surface area contributed by atoms with Gasteiger partial charge in [0.2, 0.25) is 11.8 Å². The van der Waals surface area contributed by atoms with Crippen LogP contribution in [0.15, 0.2) is 18.2 Å². The Labute approximate surface area is 122 Å². The zero-order chi connectivity index (χ0) is 15.6. The van der Waals surface area contributed by atoms with Gasteiger partial charge >= 0.3 is 0 Å². The van der Waals surface area contributed by atoms with Gasteiger partial charge in [-0.25, -0.2) is 8.78 Å². The number of nitrogens with one attached hydrogen (secondary N) is 1. The molecule has 1 aromatic carbocycles. The lowest BCUT2D eigenvalue weighted by molar-refractivity contribution is -0.150. The lowest BCUT2D eigenvalue weighted by Crippen LogP contribution is -2.62. The van der Waals surface area contributed by atoms with Crippen molar-refractivity contribution in [3.8, 4) is 0 Å². The van der Waals surface area contributed by atoms with Gasteiger partial charge < -0.3 is 10.2 Å². The zero-order valence-electron chi connectivity index (χ0n) is 12.0. The molecule has 6 heteroatoms. The number of carbonyl (C=O) groups excluding carboxylic acids is 2. The topological polar surface area (TPSA) is 49.4 Å². The Kier molecular flexibility index (Phi) is 4.55. The smallest absolute Gasteiger partial charge is 0.246 e. The summed E-state index contributed by atoms with van der Waals surface area (Å²) in [7, 11) is 0. The van der Waals surface area contributed by atoms with Crippen molar-refractivity contribution < 1.29 is 18.4 Å². The number of rotatable bonds is 4. The van der Waals surface area contributed by atoms with Crippen LogP contribution in [0.1, 0.15) is 32.3 Å². The molecule has 21 heavy (non-hydrogen) atoms. The molecule has 2 unspecified atom stereocenters. The number of amides is 2. The molecule has 4 nitrogen and oxygen atoms in total. The number of nitrogens with zero attached hydrogens (tertiary/aromatic N) is 1. The minimum absolute atomic E-state index is 0.0957. The Morgan fingerprint density at radius 2 is 1.86 bits per heavy atom. The highest BCUT2D eigenvalue weighted by atomic mass is 19.2. The van der Waals surface area contributed by atoms with Gasteiger partial charge in [0, 0.05) is 6.54 Å². The van der Waals surface area contributed by atoms with Crippen molar-refractivity contribution in [2.75, 3.05) is 0 Å². The van der Waals surface area contributed by atoms with E-state index in [0.29, 0.717) is 18.4 Å². The number of hydrogen-bond donors (Lipinski definition) is 1. The molecule has 114 valence electrons. The molecular formula is C15H18F2N2O2. The van der Waals surface area contributed by atoms with E-state index in [1.807, 2.05) is 13.8 Å². The van der Waals surface area contributed by atoms with Crippen LogP contribution >= 0.6 is 0 Å². The fourth-order valence-corrected chi connectivity index (χ4v) is 2.53. The van der Waals surface area contributed by atoms with E-state index in [-0.39, 0.29) is 18.4 Å². The van der Waals surface area contributed by atoms with E-state index < -0.39 is 23.7 Å². The van der Waals surface area contributed by atoms with Gasteiger partial charge in [0.05, 0.1) is 0 Å². The van der Waals surface area contributed by atoms with Crippen LogP contribution in [0.5, 0.6) is 0 Å². The minimum atomic E-state index is -0.957. The molecule has 0 bridgehead atoms. The molecule has 1 aliphatic heterocycles. The fraction of sp³-hybridized carbons (Fsp3) is 0.467. The van der Waals surface area contributed by atoms with Crippen LogP contribution in [-0.2, 0) is 16.1 Å². The van der Waals surface area contributed by atoms with E-state index in [0.717, 1.165) is 12.1 Å². The van der Waals surface area contributed by atoms with Crippen molar-refractivity contribution >= 4 is 11.8 Å². The molecule has 0 saturated carbocycles. The van der Waals surface area contributed by atoms with Gasteiger partial charge in [0.15, 0.2) is 11.6 Å². The van der Waals surface area contributed by atoms with E-state index in [2.05, 4.69) is 5.32 Å². The summed E-state index contributed by atoms with van der Waals surface area (Å²) >= 11 is 0. The Morgan fingerprint density at radius 1 is 1.14 bits per heavy atom. The number of hydrogen-bond acceptors (Lipinski definition) is 2. The molecule has 2 rings (SSSR count). The molecule has 1 N–H and O–H groups in total. The van der Waals surface area contributed by atoms with Crippen molar-refractivity contribution in [3.05, 3.63) is 35.4 Å². The van der Waals surface area contributed by atoms with Crippen molar-refractivity contribution in [3.63, 3.8) is 0 Å². The molecule has 0 aliphatic carbocycles. The minimum Gasteiger partial charge on any atom is -0.343 e. The summed E-state index contributed by atoms with van der Waals surface area (Å²) in [4.78, 5) is 25.8. The molecule has 1 saturated heterocycles. The van der Waals surface area contributed by atoms with Crippen LogP contribution < -0.4 is 5.32 Å². The average molecular weight is 296 g/mol. The van der Waals surface area contributed by atoms with Gasteiger partial charge in [-0.2, -0.15) is 0 Å². The molecule has 1 aliphatic rings. The van der Waals surface area contributed by atoms with Crippen LogP contribution in [-0.4, -0.2) is 28.8 Å². The molecule has 0 aromatic heterocycles. The third-order valence-corrected chi connectivity index (χ3v) is 3.71. The summed E-state index contributed by atoms with van der Waals surface area (Å²) in [5.74, 6) is -2.28. The lowest BCUT2D eigenvalue weighted by atomic mass is 10.0. The van der Waals surface area contributed by atoms with E-state index >= 15 is 0 Å². The molecule has 1 fully saturated rings. The van der Waals surface area contributed by atoms with Gasteiger partial charge in [-0.3, -0.25) is 9.59 Å². The predicted octanol–water partition coefficient (Wildman–Crippen LogP) is 1.98.